The first-order chi connectivity index (χ1) is 16.1. The number of nitrogens with one attached hydrogen (secondary N) is 1. The first-order valence-electron chi connectivity index (χ1n) is 10.3. The van der Waals surface area contributed by atoms with Crippen molar-refractivity contribution in [3.05, 3.63) is 70.4 Å². The lowest BCUT2D eigenvalue weighted by atomic mass is 10.1. The summed E-state index contributed by atoms with van der Waals surface area (Å²) in [5.74, 6) is -1.92. The van der Waals surface area contributed by atoms with Crippen LogP contribution in [0.4, 0.5) is 21.0 Å². The molecule has 2 atom stereocenters. The summed E-state index contributed by atoms with van der Waals surface area (Å²) < 4.78 is 13.4. The Labute approximate surface area is 199 Å². The van der Waals surface area contributed by atoms with Crippen LogP contribution in [-0.2, 0) is 4.79 Å². The largest absolute Gasteiger partial charge is 0.392 e. The van der Waals surface area contributed by atoms with Crippen LogP contribution in [0.1, 0.15) is 39.4 Å². The maximum atomic E-state index is 13.4. The zero-order chi connectivity index (χ0) is 25.0. The number of rotatable bonds is 9. The van der Waals surface area contributed by atoms with Gasteiger partial charge in [-0.2, -0.15) is 0 Å². The fourth-order valence-electron chi connectivity index (χ4n) is 3.06. The van der Waals surface area contributed by atoms with Gasteiger partial charge in [0.1, 0.15) is 22.6 Å². The Balaban J connectivity index is 1.89. The van der Waals surface area contributed by atoms with E-state index in [1.807, 2.05) is 0 Å². The quantitative estimate of drug-likeness (QED) is 0.339. The van der Waals surface area contributed by atoms with E-state index in [2.05, 4.69) is 10.3 Å². The minimum absolute atomic E-state index is 0.0347. The molecule has 0 aliphatic rings. The molecule has 9 nitrogen and oxygen atoms in total. The topological polar surface area (TPSA) is 152 Å². The van der Waals surface area contributed by atoms with Crippen LogP contribution in [0.2, 0.25) is 0 Å². The second-order valence-corrected chi connectivity index (χ2v) is 8.58. The van der Waals surface area contributed by atoms with E-state index >= 15 is 0 Å². The highest BCUT2D eigenvalue weighted by Gasteiger charge is 2.27. The highest BCUT2D eigenvalue weighted by atomic mass is 32.1. The van der Waals surface area contributed by atoms with Crippen molar-refractivity contribution >= 4 is 45.6 Å². The summed E-state index contributed by atoms with van der Waals surface area (Å²) >= 11 is 0.969. The molecule has 0 bridgehead atoms. The highest BCUT2D eigenvalue weighted by Crippen LogP contribution is 2.36. The molecule has 0 radical (unpaired) electrons. The molecule has 0 saturated heterocycles. The van der Waals surface area contributed by atoms with E-state index in [9.17, 15) is 23.9 Å². The van der Waals surface area contributed by atoms with Crippen LogP contribution >= 0.6 is 11.3 Å². The summed E-state index contributed by atoms with van der Waals surface area (Å²) in [6.07, 6.45) is -0.681. The van der Waals surface area contributed by atoms with E-state index in [0.717, 1.165) is 11.3 Å². The number of aliphatic hydroxyl groups excluding tert-OH is 1. The van der Waals surface area contributed by atoms with E-state index in [1.54, 1.807) is 13.8 Å². The molecule has 1 unspecified atom stereocenters. The van der Waals surface area contributed by atoms with Gasteiger partial charge in [-0.3, -0.25) is 14.4 Å². The molecule has 0 aliphatic heterocycles. The summed E-state index contributed by atoms with van der Waals surface area (Å²) in [4.78, 5) is 43.0. The molecular weight excluding hydrogens is 461 g/mol. The number of aromatic nitrogens is 1. The molecule has 0 fully saturated rings. The van der Waals surface area contributed by atoms with Crippen molar-refractivity contribution in [1.82, 2.24) is 10.3 Å². The molecule has 3 aromatic rings. The number of carbonyl (C=O) groups is 3. The van der Waals surface area contributed by atoms with Crippen molar-refractivity contribution in [1.29, 1.82) is 0 Å². The Morgan fingerprint density at radius 2 is 1.68 bits per heavy atom. The maximum absolute atomic E-state index is 13.4. The van der Waals surface area contributed by atoms with E-state index in [0.29, 0.717) is 11.3 Å². The van der Waals surface area contributed by atoms with Gasteiger partial charge in [0.25, 0.3) is 5.91 Å². The minimum atomic E-state index is -0.849. The van der Waals surface area contributed by atoms with Crippen LogP contribution in [0.25, 0.3) is 0 Å². The predicted molar refractivity (Wildman–Crippen MR) is 128 cm³/mol. The number of nitrogens with two attached hydrogens (primary N) is 2. The molecule has 0 spiro atoms. The van der Waals surface area contributed by atoms with Gasteiger partial charge in [-0.1, -0.05) is 23.5 Å². The number of carbonyl (C=O) groups excluding carboxylic acids is 3. The summed E-state index contributed by atoms with van der Waals surface area (Å²) in [5.41, 5.74) is 12.6. The van der Waals surface area contributed by atoms with Gasteiger partial charge in [-0.05, 0) is 50.2 Å². The lowest BCUT2D eigenvalue weighted by Gasteiger charge is -2.26. The third-order valence-electron chi connectivity index (χ3n) is 4.93. The molecule has 0 saturated carbocycles. The van der Waals surface area contributed by atoms with Gasteiger partial charge in [-0.25, -0.2) is 9.37 Å². The van der Waals surface area contributed by atoms with E-state index in [4.69, 9.17) is 11.5 Å². The number of primary amides is 1. The van der Waals surface area contributed by atoms with Crippen LogP contribution in [0, 0.1) is 5.82 Å². The van der Waals surface area contributed by atoms with Gasteiger partial charge in [0.15, 0.2) is 5.13 Å². The molecule has 0 aliphatic carbocycles. The van der Waals surface area contributed by atoms with Crippen molar-refractivity contribution in [2.75, 3.05) is 17.2 Å². The van der Waals surface area contributed by atoms with Gasteiger partial charge >= 0.3 is 0 Å². The number of anilines is 3. The number of halogens is 1. The molecule has 1 aromatic heterocycles. The summed E-state index contributed by atoms with van der Waals surface area (Å²) in [6, 6.07) is 10.5. The Kier molecular flexibility index (Phi) is 7.59. The zero-order valence-corrected chi connectivity index (χ0v) is 19.3. The summed E-state index contributed by atoms with van der Waals surface area (Å²) in [5, 5.41) is 12.1. The van der Waals surface area contributed by atoms with E-state index in [1.165, 1.54) is 53.4 Å². The molecule has 1 heterocycles. The molecule has 11 heteroatoms. The van der Waals surface area contributed by atoms with Crippen LogP contribution in [0.3, 0.4) is 0 Å². The second-order valence-electron chi connectivity index (χ2n) is 7.60. The number of amides is 2. The predicted octanol–water partition coefficient (Wildman–Crippen LogP) is 2.22. The van der Waals surface area contributed by atoms with Crippen molar-refractivity contribution in [3.63, 3.8) is 0 Å². The van der Waals surface area contributed by atoms with Gasteiger partial charge in [0.2, 0.25) is 11.7 Å². The number of ketones is 1. The molecule has 6 N–H and O–H groups in total. The molecule has 2 aromatic carbocycles. The number of thiazole rings is 1. The number of hydrogen-bond acceptors (Lipinski definition) is 8. The lowest BCUT2D eigenvalue weighted by molar-refractivity contribution is -0.118. The van der Waals surface area contributed by atoms with Crippen LogP contribution < -0.4 is 21.7 Å². The van der Waals surface area contributed by atoms with Crippen molar-refractivity contribution in [2.24, 2.45) is 5.73 Å². The third kappa shape index (κ3) is 5.56. The Bertz CT molecular complexity index is 1200. The first kappa shape index (κ1) is 24.8. The first-order valence-corrected chi connectivity index (χ1v) is 11.1. The average molecular weight is 486 g/mol. The van der Waals surface area contributed by atoms with Gasteiger partial charge in [-0.15, -0.1) is 0 Å². The highest BCUT2D eigenvalue weighted by molar-refractivity contribution is 7.18. The molecule has 3 rings (SSSR count). The van der Waals surface area contributed by atoms with Crippen LogP contribution in [0.5, 0.6) is 0 Å². The van der Waals surface area contributed by atoms with Gasteiger partial charge in [0.05, 0.1) is 6.10 Å². The monoisotopic (exact) mass is 485 g/mol. The standard InChI is InChI=1S/C23H24FN5O4S/c1-12(30)11-27-22(33)15-5-3-14(4-6-15)18(31)19-20(25)28-23(34-19)29(13(2)21(26)32)17-9-7-16(24)8-10-17/h3-10,12-13,30H,11,25H2,1-2H3,(H2,26,32)(H,27,33)/t12-,13?/m0/s1. The smallest absolute Gasteiger partial charge is 0.251 e. The maximum Gasteiger partial charge on any atom is 0.251 e. The third-order valence-corrected chi connectivity index (χ3v) is 5.99. The van der Waals surface area contributed by atoms with Crippen molar-refractivity contribution in [2.45, 2.75) is 26.0 Å². The number of aliphatic hydroxyl groups is 1. The van der Waals surface area contributed by atoms with Gasteiger partial charge in [0, 0.05) is 23.4 Å². The summed E-state index contributed by atoms with van der Waals surface area (Å²) in [7, 11) is 0. The average Bonchev–Trinajstić information content (AvgIpc) is 3.19. The fraction of sp³-hybridized carbons (Fsp3) is 0.217. The van der Waals surface area contributed by atoms with E-state index < -0.39 is 29.7 Å². The fourth-order valence-corrected chi connectivity index (χ4v) is 4.11. The van der Waals surface area contributed by atoms with Crippen LogP contribution in [-0.4, -0.2) is 46.4 Å². The second kappa shape index (κ2) is 10.4. The van der Waals surface area contributed by atoms with Crippen molar-refractivity contribution < 1.29 is 23.9 Å². The lowest BCUT2D eigenvalue weighted by Crippen LogP contribution is -2.39. The molecular formula is C23H24FN5O4S. The van der Waals surface area contributed by atoms with Crippen molar-refractivity contribution in [3.8, 4) is 0 Å². The number of nitrogen functional groups attached to an aromatic ring is 1. The number of benzene rings is 2. The van der Waals surface area contributed by atoms with Crippen LogP contribution in [0.15, 0.2) is 48.5 Å². The SMILES string of the molecule is CC(C(N)=O)N(c1ccc(F)cc1)c1nc(N)c(C(=O)c2ccc(C(=O)NC[C@H](C)O)cc2)s1. The normalized spacial score (nSPS) is 12.6. The van der Waals surface area contributed by atoms with Gasteiger partial charge < -0.3 is 26.8 Å². The zero-order valence-electron chi connectivity index (χ0n) is 18.5. The Morgan fingerprint density at radius 3 is 2.24 bits per heavy atom. The molecule has 34 heavy (non-hydrogen) atoms. The van der Waals surface area contributed by atoms with E-state index in [-0.39, 0.29) is 33.8 Å². The number of hydrogen-bond donors (Lipinski definition) is 4. The Hall–Kier alpha value is -3.83. The minimum Gasteiger partial charge on any atom is -0.392 e. The molecule has 178 valence electrons. The molecule has 2 amide bonds. The number of nitrogens with zero attached hydrogens (tertiary/aromatic N) is 2. The summed E-state index contributed by atoms with van der Waals surface area (Å²) in [6.45, 7) is 3.22. The Morgan fingerprint density at radius 1 is 1.09 bits per heavy atom.